The first-order valence-electron chi connectivity index (χ1n) is 5.25. The summed E-state index contributed by atoms with van der Waals surface area (Å²) in [5.74, 6) is -0.855. The van der Waals surface area contributed by atoms with E-state index >= 15 is 0 Å². The van der Waals surface area contributed by atoms with Gasteiger partial charge in [0.15, 0.2) is 0 Å². The Bertz CT molecular complexity index is 375. The van der Waals surface area contributed by atoms with Gasteiger partial charge in [-0.05, 0) is 31.0 Å². The number of rotatable bonds is 2. The van der Waals surface area contributed by atoms with Crippen LogP contribution in [0.25, 0.3) is 0 Å². The second-order valence-corrected chi connectivity index (χ2v) is 4.21. The van der Waals surface area contributed by atoms with Crippen molar-refractivity contribution in [3.63, 3.8) is 0 Å². The lowest BCUT2D eigenvalue weighted by molar-refractivity contribution is -0.00595. The fraction of sp³-hybridized carbons (Fsp3) is 0.455. The summed E-state index contributed by atoms with van der Waals surface area (Å²) in [6.07, 6.45) is 1.41. The average molecular weight is 245 g/mol. The van der Waals surface area contributed by atoms with E-state index in [9.17, 15) is 8.78 Å². The van der Waals surface area contributed by atoms with Crippen molar-refractivity contribution in [2.45, 2.75) is 25.0 Å². The molecule has 3 unspecified atom stereocenters. The quantitative estimate of drug-likeness (QED) is 0.808. The lowest BCUT2D eigenvalue weighted by Crippen LogP contribution is -2.35. The van der Waals surface area contributed by atoms with Crippen molar-refractivity contribution in [2.24, 2.45) is 0 Å². The van der Waals surface area contributed by atoms with Crippen LogP contribution in [0.1, 0.15) is 24.5 Å². The lowest BCUT2D eigenvalue weighted by Gasteiger charge is -2.31. The van der Waals surface area contributed by atoms with E-state index in [2.05, 4.69) is 14.5 Å². The van der Waals surface area contributed by atoms with E-state index in [0.717, 1.165) is 25.0 Å². The summed E-state index contributed by atoms with van der Waals surface area (Å²) in [5.41, 5.74) is 0.291. The molecule has 3 atom stereocenters. The van der Waals surface area contributed by atoms with Gasteiger partial charge in [0.1, 0.15) is 17.7 Å². The van der Waals surface area contributed by atoms with Gasteiger partial charge >= 0.3 is 0 Å². The monoisotopic (exact) mass is 245 g/mol. The molecular formula is C11H14F2NOP. The number of nitrogens with one attached hydrogen (secondary N) is 1. The Labute approximate surface area is 95.6 Å². The molecule has 1 N–H and O–H groups in total. The van der Waals surface area contributed by atoms with Crippen LogP contribution in [0, 0.1) is 11.6 Å². The van der Waals surface area contributed by atoms with Crippen molar-refractivity contribution < 1.29 is 13.5 Å². The zero-order chi connectivity index (χ0) is 11.5. The predicted molar refractivity (Wildman–Crippen MR) is 60.9 cm³/mol. The maximum atomic E-state index is 13.6. The van der Waals surface area contributed by atoms with Crippen LogP contribution in [0.15, 0.2) is 18.2 Å². The van der Waals surface area contributed by atoms with Crippen molar-refractivity contribution in [3.05, 3.63) is 35.4 Å². The molecule has 0 bridgehead atoms. The number of halogens is 2. The minimum Gasteiger partial charge on any atom is -0.372 e. The summed E-state index contributed by atoms with van der Waals surface area (Å²) in [7, 11) is 2.40. The summed E-state index contributed by atoms with van der Waals surface area (Å²) in [4.78, 5) is 0. The van der Waals surface area contributed by atoms with Gasteiger partial charge in [-0.25, -0.2) is 8.78 Å². The third-order valence-electron chi connectivity index (χ3n) is 2.80. The Morgan fingerprint density at radius 3 is 2.94 bits per heavy atom. The fourth-order valence-electron chi connectivity index (χ4n) is 1.99. The molecule has 1 heterocycles. The highest BCUT2D eigenvalue weighted by molar-refractivity contribution is 7.13. The Morgan fingerprint density at radius 2 is 2.19 bits per heavy atom. The number of benzene rings is 1. The van der Waals surface area contributed by atoms with Gasteiger partial charge in [-0.1, -0.05) is 9.39 Å². The molecule has 0 radical (unpaired) electrons. The van der Waals surface area contributed by atoms with Gasteiger partial charge in [-0.3, -0.25) is 5.09 Å². The van der Waals surface area contributed by atoms with E-state index in [-0.39, 0.29) is 6.04 Å². The molecular weight excluding hydrogens is 231 g/mol. The molecule has 1 aliphatic rings. The van der Waals surface area contributed by atoms with Gasteiger partial charge in [-0.15, -0.1) is 0 Å². The first-order valence-corrected chi connectivity index (χ1v) is 5.83. The van der Waals surface area contributed by atoms with Crippen LogP contribution in [0.4, 0.5) is 8.78 Å². The predicted octanol–water partition coefficient (Wildman–Crippen LogP) is 2.56. The molecule has 0 spiro atoms. The standard InChI is InChI=1S/C11H14F2NOP/c12-7-3-4-9(13)8(6-7)11-10(14-16)2-1-5-15-11/h3-4,6,10-11,14H,1-2,5,16H2. The van der Waals surface area contributed by atoms with Gasteiger partial charge in [-0.2, -0.15) is 0 Å². The molecule has 0 aliphatic carbocycles. The molecule has 1 saturated heterocycles. The lowest BCUT2D eigenvalue weighted by atomic mass is 9.96. The topological polar surface area (TPSA) is 21.3 Å². The van der Waals surface area contributed by atoms with E-state index in [1.807, 2.05) is 0 Å². The van der Waals surface area contributed by atoms with Crippen molar-refractivity contribution in [1.29, 1.82) is 0 Å². The van der Waals surface area contributed by atoms with Crippen LogP contribution in [0.3, 0.4) is 0 Å². The first-order chi connectivity index (χ1) is 7.72. The SMILES string of the molecule is Fc1ccc(F)c(C2OCCCC2NP)c1. The average Bonchev–Trinajstić information content (AvgIpc) is 2.32. The van der Waals surface area contributed by atoms with Gasteiger partial charge in [0.05, 0.1) is 0 Å². The first kappa shape index (κ1) is 11.9. The molecule has 0 amide bonds. The molecule has 2 rings (SSSR count). The summed E-state index contributed by atoms with van der Waals surface area (Å²) in [5, 5.41) is 3.00. The van der Waals surface area contributed by atoms with E-state index in [4.69, 9.17) is 4.74 Å². The minimum absolute atomic E-state index is 0.00931. The molecule has 0 saturated carbocycles. The summed E-state index contributed by atoms with van der Waals surface area (Å²) >= 11 is 0. The highest BCUT2D eigenvalue weighted by Gasteiger charge is 2.28. The Kier molecular flexibility index (Phi) is 3.85. The van der Waals surface area contributed by atoms with Crippen molar-refractivity contribution in [1.82, 2.24) is 5.09 Å². The van der Waals surface area contributed by atoms with Crippen LogP contribution in [-0.2, 0) is 4.74 Å². The molecule has 1 fully saturated rings. The summed E-state index contributed by atoms with van der Waals surface area (Å²) in [6.45, 7) is 0.587. The van der Waals surface area contributed by atoms with E-state index in [1.54, 1.807) is 0 Å². The Hall–Kier alpha value is -0.570. The van der Waals surface area contributed by atoms with Crippen molar-refractivity contribution in [2.75, 3.05) is 6.61 Å². The molecule has 16 heavy (non-hydrogen) atoms. The second-order valence-electron chi connectivity index (χ2n) is 3.87. The van der Waals surface area contributed by atoms with Crippen LogP contribution in [-0.4, -0.2) is 12.6 Å². The van der Waals surface area contributed by atoms with E-state index < -0.39 is 17.7 Å². The smallest absolute Gasteiger partial charge is 0.129 e. The van der Waals surface area contributed by atoms with Crippen LogP contribution in [0.2, 0.25) is 0 Å². The Morgan fingerprint density at radius 1 is 1.38 bits per heavy atom. The molecule has 1 aliphatic heterocycles. The summed E-state index contributed by atoms with van der Waals surface area (Å²) in [6, 6.07) is 3.48. The zero-order valence-corrected chi connectivity index (χ0v) is 9.90. The minimum atomic E-state index is -0.437. The molecule has 88 valence electrons. The third kappa shape index (κ3) is 2.40. The van der Waals surface area contributed by atoms with Crippen molar-refractivity contribution >= 4 is 9.39 Å². The molecule has 5 heteroatoms. The summed E-state index contributed by atoms with van der Waals surface area (Å²) < 4.78 is 32.2. The van der Waals surface area contributed by atoms with Gasteiger partial charge in [0, 0.05) is 18.2 Å². The Balaban J connectivity index is 2.30. The fourth-order valence-corrected chi connectivity index (χ4v) is 2.33. The van der Waals surface area contributed by atoms with Gasteiger partial charge in [0.25, 0.3) is 0 Å². The second kappa shape index (κ2) is 5.17. The maximum absolute atomic E-state index is 13.6. The third-order valence-corrected chi connectivity index (χ3v) is 3.23. The number of hydrogen-bond acceptors (Lipinski definition) is 2. The van der Waals surface area contributed by atoms with Crippen molar-refractivity contribution in [3.8, 4) is 0 Å². The van der Waals surface area contributed by atoms with Gasteiger partial charge in [0.2, 0.25) is 0 Å². The largest absolute Gasteiger partial charge is 0.372 e. The normalized spacial score (nSPS) is 25.7. The van der Waals surface area contributed by atoms with E-state index in [1.165, 1.54) is 6.07 Å². The maximum Gasteiger partial charge on any atom is 0.129 e. The van der Waals surface area contributed by atoms with Gasteiger partial charge < -0.3 is 4.74 Å². The zero-order valence-electron chi connectivity index (χ0n) is 8.75. The molecule has 1 aromatic rings. The van der Waals surface area contributed by atoms with Crippen LogP contribution < -0.4 is 5.09 Å². The van der Waals surface area contributed by atoms with Crippen LogP contribution in [0.5, 0.6) is 0 Å². The van der Waals surface area contributed by atoms with Crippen LogP contribution >= 0.6 is 9.39 Å². The number of ether oxygens (including phenoxy) is 1. The number of hydrogen-bond donors (Lipinski definition) is 1. The highest BCUT2D eigenvalue weighted by atomic mass is 31.0. The van der Waals surface area contributed by atoms with E-state index in [0.29, 0.717) is 12.2 Å². The molecule has 2 nitrogen and oxygen atoms in total. The molecule has 1 aromatic carbocycles. The highest BCUT2D eigenvalue weighted by Crippen LogP contribution is 2.31. The molecule has 0 aromatic heterocycles.